The van der Waals surface area contributed by atoms with Crippen LogP contribution in [0, 0.1) is 11.3 Å². The summed E-state index contributed by atoms with van der Waals surface area (Å²) in [5.41, 5.74) is 1.26. The Labute approximate surface area is 89.8 Å². The number of aliphatic hydroxyl groups is 1. The molecule has 2 aromatic rings. The van der Waals surface area contributed by atoms with Crippen molar-refractivity contribution < 1.29 is 15.0 Å². The van der Waals surface area contributed by atoms with Crippen molar-refractivity contribution in [1.29, 1.82) is 5.26 Å². The van der Waals surface area contributed by atoms with Crippen LogP contribution in [0.15, 0.2) is 18.5 Å². The smallest absolute Gasteiger partial charge is 0.337 e. The number of aliphatic carboxylic acids is 1. The maximum atomic E-state index is 10.7. The molecule has 3 N–H and O–H groups in total. The minimum absolute atomic E-state index is 0.169. The molecule has 0 saturated heterocycles. The van der Waals surface area contributed by atoms with Gasteiger partial charge < -0.3 is 15.2 Å². The third-order valence-electron chi connectivity index (χ3n) is 2.26. The number of H-pyrrole nitrogens is 1. The average Bonchev–Trinajstić information content (AvgIpc) is 2.75. The standard InChI is InChI=1S/C10H7N3O3/c11-3-5-1-2-6(9(14)10(15)16)8-7(5)12-4-13-8/h1-2,4,9,14H,(H,12,13)(H,15,16). The van der Waals surface area contributed by atoms with Gasteiger partial charge in [0.05, 0.1) is 22.9 Å². The summed E-state index contributed by atoms with van der Waals surface area (Å²) >= 11 is 0. The van der Waals surface area contributed by atoms with E-state index in [2.05, 4.69) is 9.97 Å². The number of aromatic amines is 1. The lowest BCUT2D eigenvalue weighted by atomic mass is 10.0. The van der Waals surface area contributed by atoms with Gasteiger partial charge in [-0.1, -0.05) is 6.07 Å². The molecular weight excluding hydrogens is 210 g/mol. The number of fused-ring (bicyclic) bond motifs is 1. The number of rotatable bonds is 2. The van der Waals surface area contributed by atoms with Crippen molar-refractivity contribution >= 4 is 17.0 Å². The van der Waals surface area contributed by atoms with Crippen LogP contribution in [0.5, 0.6) is 0 Å². The number of imidazole rings is 1. The molecule has 0 aliphatic carbocycles. The molecular formula is C10H7N3O3. The summed E-state index contributed by atoms with van der Waals surface area (Å²) in [5.74, 6) is -1.35. The predicted molar refractivity (Wildman–Crippen MR) is 53.4 cm³/mol. The quantitative estimate of drug-likeness (QED) is 0.680. The van der Waals surface area contributed by atoms with Crippen LogP contribution in [-0.4, -0.2) is 26.2 Å². The zero-order valence-electron chi connectivity index (χ0n) is 8.01. The first kappa shape index (κ1) is 10.1. The fourth-order valence-electron chi connectivity index (χ4n) is 1.50. The van der Waals surface area contributed by atoms with Gasteiger partial charge >= 0.3 is 5.97 Å². The van der Waals surface area contributed by atoms with Gasteiger partial charge in [-0.2, -0.15) is 5.26 Å². The Kier molecular flexibility index (Phi) is 2.31. The number of carboxylic acid groups (broad SMARTS) is 1. The fourth-order valence-corrected chi connectivity index (χ4v) is 1.50. The molecule has 80 valence electrons. The van der Waals surface area contributed by atoms with E-state index >= 15 is 0 Å². The Bertz CT molecular complexity index is 597. The highest BCUT2D eigenvalue weighted by atomic mass is 16.4. The zero-order valence-corrected chi connectivity index (χ0v) is 8.01. The molecule has 2 rings (SSSR count). The number of nitrogens with one attached hydrogen (secondary N) is 1. The summed E-state index contributed by atoms with van der Waals surface area (Å²) in [6.45, 7) is 0. The number of aliphatic hydroxyl groups excluding tert-OH is 1. The highest BCUT2D eigenvalue weighted by Crippen LogP contribution is 2.24. The second-order valence-electron chi connectivity index (χ2n) is 3.18. The second kappa shape index (κ2) is 3.64. The van der Waals surface area contributed by atoms with Crippen molar-refractivity contribution in [2.24, 2.45) is 0 Å². The number of nitrogens with zero attached hydrogens (tertiary/aromatic N) is 2. The van der Waals surface area contributed by atoms with Crippen LogP contribution in [0.2, 0.25) is 0 Å². The Morgan fingerprint density at radius 1 is 1.56 bits per heavy atom. The molecule has 1 aromatic carbocycles. The van der Waals surface area contributed by atoms with E-state index in [1.807, 2.05) is 6.07 Å². The van der Waals surface area contributed by atoms with E-state index in [1.54, 1.807) is 0 Å². The van der Waals surface area contributed by atoms with Gasteiger partial charge in [-0.15, -0.1) is 0 Å². The number of carboxylic acids is 1. The van der Waals surface area contributed by atoms with Crippen LogP contribution in [0.3, 0.4) is 0 Å². The number of hydrogen-bond acceptors (Lipinski definition) is 4. The van der Waals surface area contributed by atoms with Gasteiger partial charge in [0.1, 0.15) is 6.07 Å². The van der Waals surface area contributed by atoms with Crippen LogP contribution in [0.4, 0.5) is 0 Å². The van der Waals surface area contributed by atoms with Crippen molar-refractivity contribution in [3.8, 4) is 6.07 Å². The van der Waals surface area contributed by atoms with E-state index in [0.29, 0.717) is 16.6 Å². The van der Waals surface area contributed by atoms with Gasteiger partial charge in [0.2, 0.25) is 0 Å². The van der Waals surface area contributed by atoms with Crippen LogP contribution in [-0.2, 0) is 4.79 Å². The first-order valence-electron chi connectivity index (χ1n) is 4.42. The second-order valence-corrected chi connectivity index (χ2v) is 3.18. The van der Waals surface area contributed by atoms with Crippen molar-refractivity contribution in [3.05, 3.63) is 29.6 Å². The summed E-state index contributed by atoms with van der Waals surface area (Å²) < 4.78 is 0. The fraction of sp³-hybridized carbons (Fsp3) is 0.100. The van der Waals surface area contributed by atoms with E-state index < -0.39 is 12.1 Å². The van der Waals surface area contributed by atoms with Crippen molar-refractivity contribution in [3.63, 3.8) is 0 Å². The zero-order chi connectivity index (χ0) is 11.7. The highest BCUT2D eigenvalue weighted by molar-refractivity contribution is 5.88. The SMILES string of the molecule is N#Cc1ccc(C(O)C(=O)O)c2nc[nH]c12. The maximum absolute atomic E-state index is 10.7. The van der Waals surface area contributed by atoms with E-state index in [9.17, 15) is 9.90 Å². The number of nitriles is 1. The van der Waals surface area contributed by atoms with E-state index in [0.717, 1.165) is 0 Å². The first-order valence-corrected chi connectivity index (χ1v) is 4.42. The molecule has 0 aliphatic heterocycles. The van der Waals surface area contributed by atoms with Crippen molar-refractivity contribution in [2.45, 2.75) is 6.10 Å². The molecule has 1 aromatic heterocycles. The van der Waals surface area contributed by atoms with Gasteiger partial charge in [-0.05, 0) is 6.07 Å². The van der Waals surface area contributed by atoms with Crippen LogP contribution >= 0.6 is 0 Å². The van der Waals surface area contributed by atoms with Gasteiger partial charge in [-0.3, -0.25) is 0 Å². The molecule has 0 bridgehead atoms. The summed E-state index contributed by atoms with van der Waals surface area (Å²) in [6, 6.07) is 4.79. The highest BCUT2D eigenvalue weighted by Gasteiger charge is 2.20. The van der Waals surface area contributed by atoms with Crippen molar-refractivity contribution in [2.75, 3.05) is 0 Å². The van der Waals surface area contributed by atoms with Gasteiger partial charge in [0, 0.05) is 5.56 Å². The van der Waals surface area contributed by atoms with E-state index in [-0.39, 0.29) is 5.56 Å². The average molecular weight is 217 g/mol. The number of aromatic nitrogens is 2. The molecule has 0 fully saturated rings. The summed E-state index contributed by atoms with van der Waals surface area (Å²) in [4.78, 5) is 17.3. The minimum Gasteiger partial charge on any atom is -0.479 e. The Hall–Kier alpha value is -2.39. The van der Waals surface area contributed by atoms with Gasteiger partial charge in [0.25, 0.3) is 0 Å². The Morgan fingerprint density at radius 2 is 2.31 bits per heavy atom. The maximum Gasteiger partial charge on any atom is 0.337 e. The summed E-state index contributed by atoms with van der Waals surface area (Å²) in [6.07, 6.45) is -0.289. The molecule has 0 aliphatic rings. The number of carbonyl (C=O) groups is 1. The van der Waals surface area contributed by atoms with Crippen LogP contribution < -0.4 is 0 Å². The van der Waals surface area contributed by atoms with Crippen molar-refractivity contribution in [1.82, 2.24) is 9.97 Å². The van der Waals surface area contributed by atoms with Gasteiger partial charge in [-0.25, -0.2) is 9.78 Å². The molecule has 1 heterocycles. The largest absolute Gasteiger partial charge is 0.479 e. The number of hydrogen-bond donors (Lipinski definition) is 3. The lowest BCUT2D eigenvalue weighted by Crippen LogP contribution is -2.11. The molecule has 0 radical (unpaired) electrons. The molecule has 16 heavy (non-hydrogen) atoms. The first-order chi connectivity index (χ1) is 7.65. The third kappa shape index (κ3) is 1.39. The van der Waals surface area contributed by atoms with E-state index in [1.165, 1.54) is 18.5 Å². The van der Waals surface area contributed by atoms with Crippen LogP contribution in [0.25, 0.3) is 11.0 Å². The van der Waals surface area contributed by atoms with Gasteiger partial charge in [0.15, 0.2) is 6.10 Å². The molecule has 6 heteroatoms. The predicted octanol–water partition coefficient (Wildman–Crippen LogP) is 0.553. The lowest BCUT2D eigenvalue weighted by molar-refractivity contribution is -0.146. The lowest BCUT2D eigenvalue weighted by Gasteiger charge is -2.06. The summed E-state index contributed by atoms with van der Waals surface area (Å²) in [5, 5.41) is 27.0. The molecule has 0 saturated carbocycles. The number of benzene rings is 1. The monoisotopic (exact) mass is 217 g/mol. The topological polar surface area (TPSA) is 110 Å². The van der Waals surface area contributed by atoms with Crippen LogP contribution in [0.1, 0.15) is 17.2 Å². The Balaban J connectivity index is 2.70. The molecule has 1 atom stereocenters. The normalized spacial score (nSPS) is 12.2. The van der Waals surface area contributed by atoms with E-state index in [4.69, 9.17) is 10.4 Å². The minimum atomic E-state index is -1.64. The molecule has 0 spiro atoms. The summed E-state index contributed by atoms with van der Waals surface area (Å²) in [7, 11) is 0. The third-order valence-corrected chi connectivity index (χ3v) is 2.26. The molecule has 0 amide bonds. The molecule has 6 nitrogen and oxygen atoms in total. The Morgan fingerprint density at radius 3 is 2.94 bits per heavy atom. The molecule has 1 unspecified atom stereocenters.